The van der Waals surface area contributed by atoms with Crippen molar-refractivity contribution < 1.29 is 4.79 Å². The predicted molar refractivity (Wildman–Crippen MR) is 77.6 cm³/mol. The topological polar surface area (TPSA) is 93.8 Å². The molecule has 0 radical (unpaired) electrons. The maximum Gasteiger partial charge on any atom is 0.258 e. The van der Waals surface area contributed by atoms with Gasteiger partial charge in [-0.1, -0.05) is 6.07 Å². The van der Waals surface area contributed by atoms with Crippen molar-refractivity contribution in [2.45, 2.75) is 27.7 Å². The van der Waals surface area contributed by atoms with Crippen molar-refractivity contribution in [1.82, 2.24) is 15.2 Å². The highest BCUT2D eigenvalue weighted by atomic mass is 16.1. The van der Waals surface area contributed by atoms with Gasteiger partial charge in [0.1, 0.15) is 0 Å². The quantitative estimate of drug-likeness (QED) is 0.814. The van der Waals surface area contributed by atoms with E-state index in [0.717, 1.165) is 22.5 Å². The largest absolute Gasteiger partial charge is 0.398 e. The Balaban J connectivity index is 2.28. The van der Waals surface area contributed by atoms with Crippen LogP contribution in [-0.4, -0.2) is 21.1 Å². The molecule has 6 heteroatoms. The molecule has 0 bridgehead atoms. The number of nitrogens with zero attached hydrogens (tertiary/aromatic N) is 3. The summed E-state index contributed by atoms with van der Waals surface area (Å²) < 4.78 is 0. The van der Waals surface area contributed by atoms with Crippen molar-refractivity contribution in [2.24, 2.45) is 0 Å². The fourth-order valence-electron chi connectivity index (χ4n) is 1.79. The molecule has 0 aliphatic carbocycles. The van der Waals surface area contributed by atoms with Crippen molar-refractivity contribution in [3.63, 3.8) is 0 Å². The Morgan fingerprint density at radius 3 is 2.40 bits per heavy atom. The molecule has 0 aliphatic heterocycles. The summed E-state index contributed by atoms with van der Waals surface area (Å²) in [5, 5.41) is 10.4. The molecule has 0 saturated heterocycles. The van der Waals surface area contributed by atoms with Gasteiger partial charge in [-0.05, 0) is 44.9 Å². The molecule has 0 fully saturated rings. The van der Waals surface area contributed by atoms with Gasteiger partial charge < -0.3 is 5.73 Å². The van der Waals surface area contributed by atoms with Crippen LogP contribution in [0.1, 0.15) is 32.9 Å². The van der Waals surface area contributed by atoms with E-state index in [-0.39, 0.29) is 11.9 Å². The first-order chi connectivity index (χ1) is 9.38. The van der Waals surface area contributed by atoms with Gasteiger partial charge in [0.15, 0.2) is 0 Å². The first kappa shape index (κ1) is 13.9. The molecule has 3 N–H and O–H groups in total. The number of nitrogen functional groups attached to an aromatic ring is 1. The van der Waals surface area contributed by atoms with Crippen LogP contribution in [0.15, 0.2) is 12.1 Å². The molecule has 0 saturated carbocycles. The SMILES string of the molecule is Cc1cc(C)c(C(=O)Nc2nnc(C)c(C)n2)cc1N. The third-order valence-corrected chi connectivity index (χ3v) is 3.17. The van der Waals surface area contributed by atoms with E-state index >= 15 is 0 Å². The number of aryl methyl sites for hydroxylation is 4. The normalized spacial score (nSPS) is 10.4. The second-order valence-electron chi connectivity index (χ2n) is 4.78. The lowest BCUT2D eigenvalue weighted by Gasteiger charge is -2.09. The Kier molecular flexibility index (Phi) is 3.65. The number of hydrogen-bond donors (Lipinski definition) is 2. The number of carbonyl (C=O) groups is 1. The molecule has 0 atom stereocenters. The average molecular weight is 271 g/mol. The van der Waals surface area contributed by atoms with Gasteiger partial charge in [-0.3, -0.25) is 10.1 Å². The van der Waals surface area contributed by atoms with Crippen LogP contribution in [0.4, 0.5) is 11.6 Å². The summed E-state index contributed by atoms with van der Waals surface area (Å²) in [6.07, 6.45) is 0. The number of carbonyl (C=O) groups excluding carboxylic acids is 1. The predicted octanol–water partition coefficient (Wildman–Crippen LogP) is 1.94. The number of nitrogens with two attached hydrogens (primary N) is 1. The lowest BCUT2D eigenvalue weighted by Crippen LogP contribution is -2.17. The Labute approximate surface area is 117 Å². The molecule has 1 heterocycles. The third-order valence-electron chi connectivity index (χ3n) is 3.17. The van der Waals surface area contributed by atoms with Gasteiger partial charge >= 0.3 is 0 Å². The third kappa shape index (κ3) is 2.74. The summed E-state index contributed by atoms with van der Waals surface area (Å²) >= 11 is 0. The van der Waals surface area contributed by atoms with Crippen molar-refractivity contribution in [1.29, 1.82) is 0 Å². The van der Waals surface area contributed by atoms with Crippen LogP contribution in [0.2, 0.25) is 0 Å². The zero-order valence-corrected chi connectivity index (χ0v) is 12.0. The average Bonchev–Trinajstić information content (AvgIpc) is 2.38. The fourth-order valence-corrected chi connectivity index (χ4v) is 1.79. The molecule has 0 aliphatic rings. The van der Waals surface area contributed by atoms with Crippen LogP contribution in [0.25, 0.3) is 0 Å². The van der Waals surface area contributed by atoms with Gasteiger partial charge in [0, 0.05) is 11.3 Å². The van der Waals surface area contributed by atoms with E-state index in [9.17, 15) is 4.79 Å². The van der Waals surface area contributed by atoms with E-state index in [2.05, 4.69) is 20.5 Å². The van der Waals surface area contributed by atoms with E-state index in [1.807, 2.05) is 33.8 Å². The zero-order valence-electron chi connectivity index (χ0n) is 12.0. The highest BCUT2D eigenvalue weighted by molar-refractivity contribution is 6.05. The maximum atomic E-state index is 12.2. The summed E-state index contributed by atoms with van der Waals surface area (Å²) in [6.45, 7) is 7.39. The van der Waals surface area contributed by atoms with Crippen LogP contribution in [0, 0.1) is 27.7 Å². The number of anilines is 2. The van der Waals surface area contributed by atoms with Crippen LogP contribution >= 0.6 is 0 Å². The van der Waals surface area contributed by atoms with Crippen molar-refractivity contribution in [2.75, 3.05) is 11.1 Å². The molecule has 20 heavy (non-hydrogen) atoms. The lowest BCUT2D eigenvalue weighted by atomic mass is 10.0. The molecule has 2 rings (SSSR count). The van der Waals surface area contributed by atoms with E-state index in [4.69, 9.17) is 5.73 Å². The summed E-state index contributed by atoms with van der Waals surface area (Å²) in [7, 11) is 0. The lowest BCUT2D eigenvalue weighted by molar-refractivity contribution is 0.102. The Morgan fingerprint density at radius 2 is 1.75 bits per heavy atom. The van der Waals surface area contributed by atoms with Crippen molar-refractivity contribution in [3.8, 4) is 0 Å². The van der Waals surface area contributed by atoms with Crippen LogP contribution in [0.3, 0.4) is 0 Å². The Hall–Kier alpha value is -2.50. The molecule has 1 amide bonds. The Morgan fingerprint density at radius 1 is 1.05 bits per heavy atom. The molecule has 6 nitrogen and oxygen atoms in total. The standard InChI is InChI=1S/C14H17N5O/c1-7-5-8(2)12(15)6-11(7)13(20)17-14-16-9(3)10(4)18-19-14/h5-6H,15H2,1-4H3,(H,16,17,19,20). The van der Waals surface area contributed by atoms with Crippen LogP contribution in [0.5, 0.6) is 0 Å². The van der Waals surface area contributed by atoms with Crippen LogP contribution < -0.4 is 11.1 Å². The van der Waals surface area contributed by atoms with E-state index in [0.29, 0.717) is 11.3 Å². The number of aromatic nitrogens is 3. The zero-order chi connectivity index (χ0) is 14.9. The highest BCUT2D eigenvalue weighted by Gasteiger charge is 2.13. The number of amides is 1. The number of nitrogens with one attached hydrogen (secondary N) is 1. The summed E-state index contributed by atoms with van der Waals surface area (Å²) in [5.41, 5.74) is 10.2. The minimum Gasteiger partial charge on any atom is -0.398 e. The fraction of sp³-hybridized carbons (Fsp3) is 0.286. The number of benzene rings is 1. The molecular weight excluding hydrogens is 254 g/mol. The minimum absolute atomic E-state index is 0.191. The van der Waals surface area contributed by atoms with Gasteiger partial charge in [0.05, 0.1) is 11.4 Å². The molecule has 0 unspecified atom stereocenters. The first-order valence-corrected chi connectivity index (χ1v) is 6.24. The minimum atomic E-state index is -0.292. The van der Waals surface area contributed by atoms with Crippen LogP contribution in [-0.2, 0) is 0 Å². The summed E-state index contributed by atoms with van der Waals surface area (Å²) in [4.78, 5) is 16.4. The summed E-state index contributed by atoms with van der Waals surface area (Å²) in [5.74, 6) is -0.101. The second kappa shape index (κ2) is 5.24. The maximum absolute atomic E-state index is 12.2. The molecule has 0 spiro atoms. The van der Waals surface area contributed by atoms with Crippen molar-refractivity contribution in [3.05, 3.63) is 40.2 Å². The number of hydrogen-bond acceptors (Lipinski definition) is 5. The highest BCUT2D eigenvalue weighted by Crippen LogP contribution is 2.18. The van der Waals surface area contributed by atoms with Gasteiger partial charge in [-0.2, -0.15) is 5.10 Å². The van der Waals surface area contributed by atoms with Gasteiger partial charge in [-0.15, -0.1) is 5.10 Å². The molecule has 1 aromatic heterocycles. The molecule has 2 aromatic rings. The molecule has 1 aromatic carbocycles. The first-order valence-electron chi connectivity index (χ1n) is 6.24. The molecular formula is C14H17N5O. The monoisotopic (exact) mass is 271 g/mol. The molecule has 104 valence electrons. The second-order valence-corrected chi connectivity index (χ2v) is 4.78. The van der Waals surface area contributed by atoms with E-state index < -0.39 is 0 Å². The summed E-state index contributed by atoms with van der Waals surface area (Å²) in [6, 6.07) is 3.54. The van der Waals surface area contributed by atoms with E-state index in [1.54, 1.807) is 6.07 Å². The van der Waals surface area contributed by atoms with Crippen molar-refractivity contribution >= 4 is 17.5 Å². The Bertz CT molecular complexity index is 682. The smallest absolute Gasteiger partial charge is 0.258 e. The van der Waals surface area contributed by atoms with E-state index in [1.165, 1.54) is 0 Å². The van der Waals surface area contributed by atoms with Gasteiger partial charge in [-0.25, -0.2) is 4.98 Å². The van der Waals surface area contributed by atoms with Gasteiger partial charge in [0.2, 0.25) is 5.95 Å². The number of rotatable bonds is 2. The van der Waals surface area contributed by atoms with Gasteiger partial charge in [0.25, 0.3) is 5.91 Å².